The highest BCUT2D eigenvalue weighted by Gasteiger charge is 2.06. The maximum absolute atomic E-state index is 11.7. The minimum Gasteiger partial charge on any atom is -0.307 e. The van der Waals surface area contributed by atoms with Crippen LogP contribution in [-0.2, 0) is 0 Å². The highest BCUT2D eigenvalue weighted by molar-refractivity contribution is 14.1. The molecular weight excluding hydrogens is 349 g/mol. The van der Waals surface area contributed by atoms with Gasteiger partial charge in [0.15, 0.2) is 5.13 Å². The van der Waals surface area contributed by atoms with E-state index in [9.17, 15) is 4.79 Å². The summed E-state index contributed by atoms with van der Waals surface area (Å²) < 4.78 is 0.996. The number of thiazole rings is 1. The number of anilines is 2. The summed E-state index contributed by atoms with van der Waals surface area (Å²) in [7, 11) is 0. The van der Waals surface area contributed by atoms with Gasteiger partial charge in [-0.25, -0.2) is 9.78 Å². The van der Waals surface area contributed by atoms with Crippen LogP contribution in [0.3, 0.4) is 0 Å². The molecule has 88 valence electrons. The number of benzene rings is 1. The Morgan fingerprint density at radius 1 is 1.35 bits per heavy atom. The Kier molecular flexibility index (Phi) is 3.95. The summed E-state index contributed by atoms with van der Waals surface area (Å²) in [6.07, 6.45) is 0. The van der Waals surface area contributed by atoms with Crippen LogP contribution in [0.25, 0.3) is 0 Å². The molecule has 0 saturated carbocycles. The number of nitrogens with zero attached hydrogens (tertiary/aromatic N) is 1. The second-order valence-corrected chi connectivity index (χ2v) is 5.37. The van der Waals surface area contributed by atoms with Gasteiger partial charge < -0.3 is 5.32 Å². The number of rotatable bonds is 2. The maximum atomic E-state index is 11.7. The minimum atomic E-state index is -0.275. The van der Waals surface area contributed by atoms with Crippen LogP contribution in [0.4, 0.5) is 15.6 Å². The van der Waals surface area contributed by atoms with Gasteiger partial charge in [-0.3, -0.25) is 5.32 Å². The van der Waals surface area contributed by atoms with E-state index in [-0.39, 0.29) is 6.03 Å². The van der Waals surface area contributed by atoms with E-state index in [4.69, 9.17) is 0 Å². The highest BCUT2D eigenvalue weighted by atomic mass is 127. The van der Waals surface area contributed by atoms with Gasteiger partial charge in [-0.2, -0.15) is 0 Å². The standard InChI is InChI=1S/C11H10IN3OS/c1-7-6-17-11(13-7)15-10(16)14-9-5-3-2-4-8(9)12/h2-6H,1H3,(H2,13,14,15,16). The predicted molar refractivity (Wildman–Crippen MR) is 78.7 cm³/mol. The Morgan fingerprint density at radius 2 is 2.12 bits per heavy atom. The molecule has 6 heteroatoms. The summed E-state index contributed by atoms with van der Waals surface area (Å²) in [5.41, 5.74) is 1.69. The van der Waals surface area contributed by atoms with E-state index in [1.54, 1.807) is 0 Å². The molecule has 0 aliphatic heterocycles. The van der Waals surface area contributed by atoms with Crippen molar-refractivity contribution < 1.29 is 4.79 Å². The van der Waals surface area contributed by atoms with Gasteiger partial charge in [0.2, 0.25) is 0 Å². The van der Waals surface area contributed by atoms with Crippen molar-refractivity contribution in [1.29, 1.82) is 0 Å². The number of carbonyl (C=O) groups is 1. The Hall–Kier alpha value is -1.15. The molecule has 0 fully saturated rings. The van der Waals surface area contributed by atoms with Crippen LogP contribution in [0.2, 0.25) is 0 Å². The normalized spacial score (nSPS) is 10.0. The Morgan fingerprint density at radius 3 is 2.76 bits per heavy atom. The molecule has 0 saturated heterocycles. The lowest BCUT2D eigenvalue weighted by atomic mass is 10.3. The SMILES string of the molecule is Cc1csc(NC(=O)Nc2ccccc2I)n1. The topological polar surface area (TPSA) is 54.0 Å². The number of amides is 2. The van der Waals surface area contributed by atoms with Gasteiger partial charge in [0, 0.05) is 8.95 Å². The summed E-state index contributed by atoms with van der Waals surface area (Å²) in [5, 5.41) is 7.96. The molecule has 0 bridgehead atoms. The quantitative estimate of drug-likeness (QED) is 0.804. The zero-order valence-electron chi connectivity index (χ0n) is 9.03. The average Bonchev–Trinajstić information content (AvgIpc) is 2.67. The van der Waals surface area contributed by atoms with E-state index in [1.165, 1.54) is 11.3 Å². The van der Waals surface area contributed by atoms with Crippen LogP contribution in [-0.4, -0.2) is 11.0 Å². The summed E-state index contributed by atoms with van der Waals surface area (Å²) >= 11 is 3.58. The van der Waals surface area contributed by atoms with E-state index in [0.717, 1.165) is 15.0 Å². The second kappa shape index (κ2) is 5.46. The molecule has 2 amide bonds. The van der Waals surface area contributed by atoms with Crippen LogP contribution in [0, 0.1) is 10.5 Å². The summed E-state index contributed by atoms with van der Waals surface area (Å²) in [5.74, 6) is 0. The van der Waals surface area contributed by atoms with E-state index < -0.39 is 0 Å². The van der Waals surface area contributed by atoms with Crippen molar-refractivity contribution in [2.75, 3.05) is 10.6 Å². The van der Waals surface area contributed by atoms with E-state index in [0.29, 0.717) is 5.13 Å². The monoisotopic (exact) mass is 359 g/mol. The van der Waals surface area contributed by atoms with Gasteiger partial charge in [0.25, 0.3) is 0 Å². The first kappa shape index (κ1) is 12.3. The van der Waals surface area contributed by atoms with Crippen molar-refractivity contribution >= 4 is 50.8 Å². The maximum Gasteiger partial charge on any atom is 0.325 e. The Labute approximate surface area is 117 Å². The number of carbonyl (C=O) groups excluding carboxylic acids is 1. The van der Waals surface area contributed by atoms with Gasteiger partial charge in [-0.05, 0) is 41.6 Å². The van der Waals surface area contributed by atoms with Crippen molar-refractivity contribution in [2.45, 2.75) is 6.92 Å². The summed E-state index contributed by atoms with van der Waals surface area (Å²) in [6.45, 7) is 1.89. The molecule has 0 radical (unpaired) electrons. The van der Waals surface area contributed by atoms with Gasteiger partial charge in [-0.1, -0.05) is 12.1 Å². The molecular formula is C11H10IN3OS. The molecule has 0 atom stereocenters. The fraction of sp³-hybridized carbons (Fsp3) is 0.0909. The first-order valence-electron chi connectivity index (χ1n) is 4.90. The molecule has 2 N–H and O–H groups in total. The fourth-order valence-electron chi connectivity index (χ4n) is 1.22. The molecule has 2 aromatic rings. The first-order chi connectivity index (χ1) is 8.15. The number of aryl methyl sites for hydroxylation is 1. The van der Waals surface area contributed by atoms with Crippen LogP contribution < -0.4 is 10.6 Å². The lowest BCUT2D eigenvalue weighted by Crippen LogP contribution is -2.19. The summed E-state index contributed by atoms with van der Waals surface area (Å²) in [6, 6.07) is 7.32. The molecule has 0 unspecified atom stereocenters. The highest BCUT2D eigenvalue weighted by Crippen LogP contribution is 2.18. The molecule has 0 aliphatic rings. The molecule has 1 aromatic carbocycles. The average molecular weight is 359 g/mol. The molecule has 0 aliphatic carbocycles. The fourth-order valence-corrected chi connectivity index (χ4v) is 2.43. The van der Waals surface area contributed by atoms with Crippen LogP contribution in [0.5, 0.6) is 0 Å². The third-order valence-corrected chi connectivity index (χ3v) is 3.78. The lowest BCUT2D eigenvalue weighted by Gasteiger charge is -2.06. The van der Waals surface area contributed by atoms with Gasteiger partial charge in [0.1, 0.15) is 0 Å². The number of hydrogen-bond donors (Lipinski definition) is 2. The largest absolute Gasteiger partial charge is 0.325 e. The number of halogens is 1. The first-order valence-corrected chi connectivity index (χ1v) is 6.85. The lowest BCUT2D eigenvalue weighted by molar-refractivity contribution is 0.262. The van der Waals surface area contributed by atoms with Crippen LogP contribution in [0.15, 0.2) is 29.6 Å². The van der Waals surface area contributed by atoms with E-state index >= 15 is 0 Å². The number of para-hydroxylation sites is 1. The number of hydrogen-bond acceptors (Lipinski definition) is 3. The molecule has 2 rings (SSSR count). The van der Waals surface area contributed by atoms with E-state index in [2.05, 4.69) is 38.2 Å². The van der Waals surface area contributed by atoms with Crippen molar-refractivity contribution in [2.24, 2.45) is 0 Å². The number of urea groups is 1. The third kappa shape index (κ3) is 3.40. The van der Waals surface area contributed by atoms with Gasteiger partial charge >= 0.3 is 6.03 Å². The second-order valence-electron chi connectivity index (χ2n) is 3.35. The Balaban J connectivity index is 2.01. The number of nitrogens with one attached hydrogen (secondary N) is 2. The van der Waals surface area contributed by atoms with Gasteiger partial charge in [0.05, 0.1) is 11.4 Å². The molecule has 1 aromatic heterocycles. The van der Waals surface area contributed by atoms with Crippen LogP contribution in [0.1, 0.15) is 5.69 Å². The number of aromatic nitrogens is 1. The molecule has 0 spiro atoms. The molecule has 1 heterocycles. The van der Waals surface area contributed by atoms with Crippen LogP contribution >= 0.6 is 33.9 Å². The molecule has 4 nitrogen and oxygen atoms in total. The third-order valence-electron chi connectivity index (χ3n) is 1.96. The van der Waals surface area contributed by atoms with Crippen molar-refractivity contribution in [3.63, 3.8) is 0 Å². The van der Waals surface area contributed by atoms with Gasteiger partial charge in [-0.15, -0.1) is 11.3 Å². The Bertz CT molecular complexity index is 541. The smallest absolute Gasteiger partial charge is 0.307 e. The predicted octanol–water partition coefficient (Wildman–Crippen LogP) is 3.70. The summed E-state index contributed by atoms with van der Waals surface area (Å²) in [4.78, 5) is 15.8. The minimum absolute atomic E-state index is 0.275. The van der Waals surface area contributed by atoms with Crippen molar-refractivity contribution in [1.82, 2.24) is 4.98 Å². The van der Waals surface area contributed by atoms with Crippen molar-refractivity contribution in [3.05, 3.63) is 38.9 Å². The molecule has 17 heavy (non-hydrogen) atoms. The zero-order valence-corrected chi connectivity index (χ0v) is 12.0. The zero-order chi connectivity index (χ0) is 12.3. The van der Waals surface area contributed by atoms with E-state index in [1.807, 2.05) is 36.6 Å². The van der Waals surface area contributed by atoms with Crippen molar-refractivity contribution in [3.8, 4) is 0 Å².